The number of rotatable bonds is 2. The third kappa shape index (κ3) is 2.85. The Labute approximate surface area is 155 Å². The van der Waals surface area contributed by atoms with E-state index in [1.807, 2.05) is 13.0 Å². The lowest BCUT2D eigenvalue weighted by atomic mass is 9.61. The van der Waals surface area contributed by atoms with Crippen molar-refractivity contribution in [1.82, 2.24) is 4.90 Å². The molecule has 2 heterocycles. The van der Waals surface area contributed by atoms with Crippen LogP contribution in [0.15, 0.2) is 23.3 Å². The third-order valence-electron chi connectivity index (χ3n) is 6.67. The molecule has 5 heteroatoms. The van der Waals surface area contributed by atoms with Gasteiger partial charge in [-0.05, 0) is 45.3 Å². The molecule has 5 nitrogen and oxygen atoms in total. The van der Waals surface area contributed by atoms with Gasteiger partial charge in [0.2, 0.25) is 0 Å². The zero-order chi connectivity index (χ0) is 18.6. The molecule has 0 aromatic rings. The van der Waals surface area contributed by atoms with Crippen molar-refractivity contribution in [1.29, 1.82) is 0 Å². The molecule has 1 saturated carbocycles. The van der Waals surface area contributed by atoms with Crippen LogP contribution in [0.25, 0.3) is 0 Å². The first-order valence-electron chi connectivity index (χ1n) is 9.81. The highest BCUT2D eigenvalue weighted by Crippen LogP contribution is 2.53. The summed E-state index contributed by atoms with van der Waals surface area (Å²) in [7, 11) is 0. The molecule has 0 radical (unpaired) electrons. The Morgan fingerprint density at radius 1 is 1.23 bits per heavy atom. The number of ether oxygens (including phenoxy) is 2. The van der Waals surface area contributed by atoms with E-state index in [0.29, 0.717) is 0 Å². The minimum absolute atomic E-state index is 0.0495. The molecule has 0 aromatic carbocycles. The van der Waals surface area contributed by atoms with Crippen LogP contribution in [0.4, 0.5) is 0 Å². The van der Waals surface area contributed by atoms with E-state index in [0.717, 1.165) is 43.6 Å². The van der Waals surface area contributed by atoms with Crippen molar-refractivity contribution in [2.45, 2.75) is 58.8 Å². The fourth-order valence-corrected chi connectivity index (χ4v) is 5.49. The lowest BCUT2D eigenvalue weighted by Crippen LogP contribution is -2.49. The second-order valence-electron chi connectivity index (χ2n) is 8.80. The number of ketones is 1. The van der Waals surface area contributed by atoms with E-state index in [1.165, 1.54) is 0 Å². The van der Waals surface area contributed by atoms with Gasteiger partial charge in [0, 0.05) is 36.5 Å². The molecule has 0 unspecified atom stereocenters. The average molecular weight is 359 g/mol. The Hall–Kier alpha value is -1.46. The van der Waals surface area contributed by atoms with E-state index < -0.39 is 0 Å². The van der Waals surface area contributed by atoms with Crippen molar-refractivity contribution in [2.75, 3.05) is 19.6 Å². The normalized spacial score (nSPS) is 43.3. The van der Waals surface area contributed by atoms with E-state index in [9.17, 15) is 9.59 Å². The Morgan fingerprint density at radius 3 is 2.62 bits per heavy atom. The second-order valence-corrected chi connectivity index (χ2v) is 8.80. The quantitative estimate of drug-likeness (QED) is 0.709. The van der Waals surface area contributed by atoms with Crippen LogP contribution in [0, 0.1) is 17.3 Å². The minimum atomic E-state index is -0.240. The SMILES string of the molecule is CC1=C2[C@H]3OC(=O)[C@H](CN4C[C@@H](C)O[C@@H](C)C4)[C@@H]3CC[C@@]2(C)C=CC1=O. The smallest absolute Gasteiger partial charge is 0.311 e. The number of esters is 1. The fraction of sp³-hybridized carbons (Fsp3) is 0.714. The van der Waals surface area contributed by atoms with Crippen LogP contribution in [0.5, 0.6) is 0 Å². The van der Waals surface area contributed by atoms with E-state index in [4.69, 9.17) is 9.47 Å². The summed E-state index contributed by atoms with van der Waals surface area (Å²) in [5.74, 6) is 0.0171. The molecule has 4 rings (SSSR count). The summed E-state index contributed by atoms with van der Waals surface area (Å²) in [6, 6.07) is 0. The maximum Gasteiger partial charge on any atom is 0.311 e. The molecule has 142 valence electrons. The molecule has 0 spiro atoms. The van der Waals surface area contributed by atoms with Gasteiger partial charge in [0.25, 0.3) is 0 Å². The summed E-state index contributed by atoms with van der Waals surface area (Å²) in [6.07, 6.45) is 5.76. The molecule has 0 amide bonds. The summed E-state index contributed by atoms with van der Waals surface area (Å²) in [4.78, 5) is 27.3. The van der Waals surface area contributed by atoms with Crippen LogP contribution >= 0.6 is 0 Å². The molecule has 0 aromatic heterocycles. The Balaban J connectivity index is 1.57. The molecule has 0 bridgehead atoms. The lowest BCUT2D eigenvalue weighted by Gasteiger charge is -2.43. The summed E-state index contributed by atoms with van der Waals surface area (Å²) in [6.45, 7) is 10.6. The minimum Gasteiger partial charge on any atom is -0.457 e. The monoisotopic (exact) mass is 359 g/mol. The van der Waals surface area contributed by atoms with Crippen LogP contribution in [0.2, 0.25) is 0 Å². The van der Waals surface area contributed by atoms with Gasteiger partial charge >= 0.3 is 5.97 Å². The summed E-state index contributed by atoms with van der Waals surface area (Å²) in [5, 5.41) is 0. The topological polar surface area (TPSA) is 55.8 Å². The van der Waals surface area contributed by atoms with Gasteiger partial charge in [-0.15, -0.1) is 0 Å². The van der Waals surface area contributed by atoms with Gasteiger partial charge in [-0.2, -0.15) is 0 Å². The number of carbonyl (C=O) groups excluding carboxylic acids is 2. The summed E-state index contributed by atoms with van der Waals surface area (Å²) >= 11 is 0. The van der Waals surface area contributed by atoms with Gasteiger partial charge in [0.05, 0.1) is 18.1 Å². The van der Waals surface area contributed by atoms with E-state index in [2.05, 4.69) is 25.7 Å². The van der Waals surface area contributed by atoms with E-state index in [-0.39, 0.29) is 47.3 Å². The Morgan fingerprint density at radius 2 is 1.92 bits per heavy atom. The highest BCUT2D eigenvalue weighted by atomic mass is 16.6. The van der Waals surface area contributed by atoms with Gasteiger partial charge in [-0.25, -0.2) is 0 Å². The van der Waals surface area contributed by atoms with Crippen molar-refractivity contribution in [2.24, 2.45) is 17.3 Å². The highest BCUT2D eigenvalue weighted by Gasteiger charge is 2.54. The zero-order valence-electron chi connectivity index (χ0n) is 16.2. The first kappa shape index (κ1) is 17.9. The molecule has 4 aliphatic rings. The third-order valence-corrected chi connectivity index (χ3v) is 6.67. The van der Waals surface area contributed by atoms with Crippen LogP contribution in [-0.2, 0) is 19.1 Å². The van der Waals surface area contributed by atoms with Gasteiger partial charge in [0.1, 0.15) is 6.10 Å². The summed E-state index contributed by atoms with van der Waals surface area (Å²) < 4.78 is 11.7. The Kier molecular flexibility index (Phi) is 4.35. The van der Waals surface area contributed by atoms with Crippen LogP contribution in [-0.4, -0.2) is 54.6 Å². The van der Waals surface area contributed by atoms with Gasteiger partial charge in [-0.1, -0.05) is 13.0 Å². The fourth-order valence-electron chi connectivity index (χ4n) is 5.49. The van der Waals surface area contributed by atoms with Gasteiger partial charge in [0.15, 0.2) is 5.78 Å². The van der Waals surface area contributed by atoms with Crippen LogP contribution < -0.4 is 0 Å². The second kappa shape index (κ2) is 6.31. The lowest BCUT2D eigenvalue weighted by molar-refractivity contribution is -0.145. The van der Waals surface area contributed by atoms with Crippen molar-refractivity contribution >= 4 is 11.8 Å². The van der Waals surface area contributed by atoms with Crippen LogP contribution in [0.3, 0.4) is 0 Å². The number of morpholine rings is 1. The highest BCUT2D eigenvalue weighted by molar-refractivity contribution is 6.05. The van der Waals surface area contributed by atoms with Crippen molar-refractivity contribution < 1.29 is 19.1 Å². The molecule has 0 N–H and O–H groups in total. The summed E-state index contributed by atoms with van der Waals surface area (Å²) in [5.41, 5.74) is 1.66. The molecule has 6 atom stereocenters. The number of fused-ring (bicyclic) bond motifs is 3. The average Bonchev–Trinajstić information content (AvgIpc) is 2.86. The van der Waals surface area contributed by atoms with Crippen LogP contribution in [0.1, 0.15) is 40.5 Å². The number of hydrogen-bond acceptors (Lipinski definition) is 5. The molecular weight excluding hydrogens is 330 g/mol. The molecule has 2 aliphatic carbocycles. The van der Waals surface area contributed by atoms with E-state index >= 15 is 0 Å². The van der Waals surface area contributed by atoms with Crippen molar-refractivity contribution in [3.8, 4) is 0 Å². The predicted molar refractivity (Wildman–Crippen MR) is 97.5 cm³/mol. The first-order chi connectivity index (χ1) is 12.3. The molecular formula is C21H29NO4. The molecule has 2 aliphatic heterocycles. The van der Waals surface area contributed by atoms with Crippen molar-refractivity contribution in [3.05, 3.63) is 23.3 Å². The number of hydrogen-bond donors (Lipinski definition) is 0. The zero-order valence-corrected chi connectivity index (χ0v) is 16.2. The molecule has 26 heavy (non-hydrogen) atoms. The number of carbonyl (C=O) groups is 2. The number of nitrogens with zero attached hydrogens (tertiary/aromatic N) is 1. The van der Waals surface area contributed by atoms with Gasteiger partial charge in [-0.3, -0.25) is 14.5 Å². The predicted octanol–water partition coefficient (Wildman–Crippen LogP) is 2.51. The maximum atomic E-state index is 12.7. The standard InChI is InChI=1S/C21H29NO4/c1-12-9-22(10-13(2)25-12)11-16-15-5-7-21(4)8-6-17(23)14(3)18(21)19(15)26-20(16)24/h6,8,12-13,15-16,19H,5,7,9-11H2,1-4H3/t12-,13+,15-,16+,19-,21-/m0/s1. The first-order valence-corrected chi connectivity index (χ1v) is 9.81. The molecule has 2 saturated heterocycles. The molecule has 3 fully saturated rings. The number of allylic oxidation sites excluding steroid dienone is 3. The van der Waals surface area contributed by atoms with E-state index in [1.54, 1.807) is 6.08 Å². The Bertz CT molecular complexity index is 686. The maximum absolute atomic E-state index is 12.7. The largest absolute Gasteiger partial charge is 0.457 e. The van der Waals surface area contributed by atoms with Gasteiger partial charge < -0.3 is 9.47 Å². The van der Waals surface area contributed by atoms with Crippen molar-refractivity contribution in [3.63, 3.8) is 0 Å².